The third-order valence-corrected chi connectivity index (χ3v) is 4.83. The van der Waals surface area contributed by atoms with Gasteiger partial charge in [-0.05, 0) is 31.0 Å². The number of carbonyl (C=O) groups excluding carboxylic acids is 3. The van der Waals surface area contributed by atoms with Crippen molar-refractivity contribution in [3.63, 3.8) is 0 Å². The van der Waals surface area contributed by atoms with Gasteiger partial charge in [0.25, 0.3) is 5.91 Å². The Hall–Kier alpha value is -2.68. The molecule has 1 aliphatic carbocycles. The molecule has 3 rings (SSSR count). The van der Waals surface area contributed by atoms with Crippen LogP contribution in [0, 0.1) is 11.2 Å². The highest BCUT2D eigenvalue weighted by Crippen LogP contribution is 2.44. The summed E-state index contributed by atoms with van der Waals surface area (Å²) in [5.74, 6) is -1.38. The second kappa shape index (κ2) is 7.28. The van der Waals surface area contributed by atoms with Gasteiger partial charge in [-0.25, -0.2) is 9.18 Å². The van der Waals surface area contributed by atoms with Crippen molar-refractivity contribution in [2.75, 3.05) is 38.0 Å². The van der Waals surface area contributed by atoms with E-state index in [0.29, 0.717) is 39.0 Å². The maximum Gasteiger partial charge on any atom is 0.319 e. The van der Waals surface area contributed by atoms with E-state index in [0.717, 1.165) is 6.07 Å². The molecule has 8 nitrogen and oxygen atoms in total. The maximum atomic E-state index is 14.3. The predicted molar refractivity (Wildman–Crippen MR) is 93.1 cm³/mol. The summed E-state index contributed by atoms with van der Waals surface area (Å²) in [6, 6.07) is 3.32. The molecule has 1 saturated carbocycles. The summed E-state index contributed by atoms with van der Waals surface area (Å²) in [4.78, 5) is 37.2. The molecule has 0 bridgehead atoms. The van der Waals surface area contributed by atoms with Gasteiger partial charge in [0.15, 0.2) is 0 Å². The van der Waals surface area contributed by atoms with Crippen LogP contribution in [0.2, 0.25) is 0 Å². The van der Waals surface area contributed by atoms with Crippen LogP contribution in [0.25, 0.3) is 0 Å². The van der Waals surface area contributed by atoms with Crippen molar-refractivity contribution in [3.8, 4) is 0 Å². The fourth-order valence-corrected chi connectivity index (χ4v) is 2.88. The number of nitrogens with zero attached hydrogens (tertiary/aromatic N) is 1. The minimum atomic E-state index is -0.697. The molecule has 0 aromatic heterocycles. The lowest BCUT2D eigenvalue weighted by Crippen LogP contribution is -2.46. The molecular weight excluding hydrogens is 341 g/mol. The third-order valence-electron chi connectivity index (χ3n) is 4.83. The molecule has 1 saturated heterocycles. The highest BCUT2D eigenvalue weighted by Gasteiger charge is 2.48. The van der Waals surface area contributed by atoms with E-state index in [1.54, 1.807) is 4.90 Å². The average Bonchev–Trinajstić information content (AvgIpc) is 3.43. The van der Waals surface area contributed by atoms with Crippen molar-refractivity contribution in [1.82, 2.24) is 15.5 Å². The molecular formula is C17H22FN5O3. The molecule has 5 N–H and O–H groups in total. The zero-order valence-corrected chi connectivity index (χ0v) is 14.3. The molecule has 0 unspecified atom stereocenters. The summed E-state index contributed by atoms with van der Waals surface area (Å²) in [7, 11) is 0. The van der Waals surface area contributed by atoms with Crippen LogP contribution < -0.4 is 21.7 Å². The topological polar surface area (TPSA) is 117 Å². The number of hydrogen-bond donors (Lipinski definition) is 4. The molecule has 0 spiro atoms. The van der Waals surface area contributed by atoms with Gasteiger partial charge >= 0.3 is 6.03 Å². The lowest BCUT2D eigenvalue weighted by molar-refractivity contribution is -0.122. The molecule has 2 fully saturated rings. The van der Waals surface area contributed by atoms with E-state index in [4.69, 9.17) is 5.73 Å². The second-order valence-electron chi connectivity index (χ2n) is 6.69. The fraction of sp³-hybridized carbons (Fsp3) is 0.471. The number of amides is 4. The van der Waals surface area contributed by atoms with E-state index in [1.807, 2.05) is 0 Å². The summed E-state index contributed by atoms with van der Waals surface area (Å²) in [5.41, 5.74) is 4.82. The molecule has 140 valence electrons. The monoisotopic (exact) mass is 363 g/mol. The normalized spacial score (nSPS) is 18.1. The number of carbonyl (C=O) groups is 3. The number of nitrogens with two attached hydrogens (primary N) is 1. The molecule has 26 heavy (non-hydrogen) atoms. The van der Waals surface area contributed by atoms with Gasteiger partial charge in [0.2, 0.25) is 5.91 Å². The molecule has 0 atom stereocenters. The molecule has 4 amide bonds. The van der Waals surface area contributed by atoms with Crippen LogP contribution in [0.5, 0.6) is 0 Å². The number of piperazine rings is 1. The Kier molecular flexibility index (Phi) is 5.08. The Balaban J connectivity index is 1.58. The van der Waals surface area contributed by atoms with Gasteiger partial charge in [-0.3, -0.25) is 9.59 Å². The number of rotatable bonds is 5. The van der Waals surface area contributed by atoms with Gasteiger partial charge in [0.1, 0.15) is 5.82 Å². The van der Waals surface area contributed by atoms with Gasteiger partial charge < -0.3 is 26.6 Å². The fourth-order valence-electron chi connectivity index (χ4n) is 2.88. The molecule has 1 heterocycles. The zero-order valence-electron chi connectivity index (χ0n) is 14.3. The van der Waals surface area contributed by atoms with Crippen LogP contribution in [0.1, 0.15) is 23.2 Å². The van der Waals surface area contributed by atoms with Crippen LogP contribution in [0.4, 0.5) is 14.9 Å². The van der Waals surface area contributed by atoms with Crippen LogP contribution in [0.3, 0.4) is 0 Å². The summed E-state index contributed by atoms with van der Waals surface area (Å²) in [6.45, 7) is 2.69. The van der Waals surface area contributed by atoms with Gasteiger partial charge in [-0.15, -0.1) is 0 Å². The van der Waals surface area contributed by atoms with Crippen LogP contribution in [0.15, 0.2) is 18.2 Å². The number of benzene rings is 1. The number of urea groups is 1. The first kappa shape index (κ1) is 18.1. The van der Waals surface area contributed by atoms with Crippen LogP contribution in [-0.4, -0.2) is 55.5 Å². The van der Waals surface area contributed by atoms with E-state index in [9.17, 15) is 18.8 Å². The molecule has 0 radical (unpaired) electrons. The number of primary amides is 1. The van der Waals surface area contributed by atoms with Crippen molar-refractivity contribution < 1.29 is 18.8 Å². The van der Waals surface area contributed by atoms with Crippen molar-refractivity contribution in [1.29, 1.82) is 0 Å². The molecule has 2 aliphatic rings. The van der Waals surface area contributed by atoms with E-state index in [1.165, 1.54) is 12.1 Å². The number of hydrogen-bond acceptors (Lipinski definition) is 4. The quantitative estimate of drug-likeness (QED) is 0.600. The van der Waals surface area contributed by atoms with E-state index < -0.39 is 23.2 Å². The molecule has 9 heteroatoms. The Morgan fingerprint density at radius 1 is 1.23 bits per heavy atom. The first-order chi connectivity index (χ1) is 12.4. The third kappa shape index (κ3) is 3.93. The van der Waals surface area contributed by atoms with E-state index >= 15 is 0 Å². The van der Waals surface area contributed by atoms with Crippen LogP contribution in [-0.2, 0) is 4.79 Å². The van der Waals surface area contributed by atoms with Crippen molar-refractivity contribution in [2.24, 2.45) is 11.1 Å². The standard InChI is InChI=1S/C17H22FN5O3/c18-12-9-11(14(24)23-7-5-20-6-8-23)1-2-13(12)22-16(26)21-10-17(3-4-17)15(19)25/h1-2,9,20H,3-8,10H2,(H2,19,25)(H2,21,22,26). The molecule has 1 aromatic carbocycles. The lowest BCUT2D eigenvalue weighted by atomic mass is 10.1. The van der Waals surface area contributed by atoms with Crippen molar-refractivity contribution in [2.45, 2.75) is 12.8 Å². The van der Waals surface area contributed by atoms with Gasteiger partial charge in [0.05, 0.1) is 11.1 Å². The van der Waals surface area contributed by atoms with Gasteiger partial charge in [-0.2, -0.15) is 0 Å². The zero-order chi connectivity index (χ0) is 18.7. The summed E-state index contributed by atoms with van der Waals surface area (Å²) < 4.78 is 14.3. The second-order valence-corrected chi connectivity index (χ2v) is 6.69. The first-order valence-electron chi connectivity index (χ1n) is 8.56. The number of halogens is 1. The first-order valence-corrected chi connectivity index (χ1v) is 8.56. The minimum Gasteiger partial charge on any atom is -0.369 e. The predicted octanol–water partition coefficient (Wildman–Crippen LogP) is 0.258. The summed E-state index contributed by atoms with van der Waals surface area (Å²) in [6.07, 6.45) is 1.28. The SMILES string of the molecule is NC(=O)C1(CNC(=O)Nc2ccc(C(=O)N3CCNCC3)cc2F)CC1. The molecule has 1 aromatic rings. The minimum absolute atomic E-state index is 0.0386. The molecule has 1 aliphatic heterocycles. The smallest absolute Gasteiger partial charge is 0.319 e. The highest BCUT2D eigenvalue weighted by molar-refractivity contribution is 5.96. The summed E-state index contributed by atoms with van der Waals surface area (Å²) in [5, 5.41) is 8.06. The van der Waals surface area contributed by atoms with E-state index in [2.05, 4.69) is 16.0 Å². The Bertz CT molecular complexity index is 729. The van der Waals surface area contributed by atoms with Crippen molar-refractivity contribution in [3.05, 3.63) is 29.6 Å². The van der Waals surface area contributed by atoms with Gasteiger partial charge in [-0.1, -0.05) is 0 Å². The van der Waals surface area contributed by atoms with Gasteiger partial charge in [0, 0.05) is 38.3 Å². The largest absolute Gasteiger partial charge is 0.369 e. The average molecular weight is 363 g/mol. The van der Waals surface area contributed by atoms with Crippen LogP contribution >= 0.6 is 0 Å². The number of anilines is 1. The Morgan fingerprint density at radius 2 is 1.92 bits per heavy atom. The van der Waals surface area contributed by atoms with E-state index in [-0.39, 0.29) is 23.7 Å². The highest BCUT2D eigenvalue weighted by atomic mass is 19.1. The summed E-state index contributed by atoms with van der Waals surface area (Å²) >= 11 is 0. The maximum absolute atomic E-state index is 14.3. The Morgan fingerprint density at radius 3 is 2.50 bits per heavy atom. The number of nitrogens with one attached hydrogen (secondary N) is 3. The Labute approximate surface area is 150 Å². The van der Waals surface area contributed by atoms with Crippen molar-refractivity contribution >= 4 is 23.5 Å². The lowest BCUT2D eigenvalue weighted by Gasteiger charge is -2.27.